The number of rotatable bonds is 4. The van der Waals surface area contributed by atoms with Gasteiger partial charge in [0.1, 0.15) is 0 Å². The zero-order valence-electron chi connectivity index (χ0n) is 15.2. The van der Waals surface area contributed by atoms with E-state index < -0.39 is 0 Å². The van der Waals surface area contributed by atoms with E-state index in [9.17, 15) is 4.79 Å². The molecule has 0 radical (unpaired) electrons. The van der Waals surface area contributed by atoms with Crippen molar-refractivity contribution in [2.75, 3.05) is 0 Å². The lowest BCUT2D eigenvalue weighted by atomic mass is 10.2. The van der Waals surface area contributed by atoms with Gasteiger partial charge < -0.3 is 0 Å². The van der Waals surface area contributed by atoms with Gasteiger partial charge in [-0.05, 0) is 37.6 Å². The standard InChI is InChI=1S/C20H16ClN5OS/c1-12-5-3-4-6-16(12)23-24-18-13(2)25-26(19(18)27)20-22-17(11-28-20)14-7-9-15(21)10-8-14/h3-11,25H,1-2H3. The first-order valence-corrected chi connectivity index (χ1v) is 9.79. The summed E-state index contributed by atoms with van der Waals surface area (Å²) in [6.07, 6.45) is 0. The minimum Gasteiger partial charge on any atom is -0.291 e. The first-order chi connectivity index (χ1) is 13.5. The molecule has 2 aromatic carbocycles. The van der Waals surface area contributed by atoms with Gasteiger partial charge in [-0.15, -0.1) is 16.5 Å². The van der Waals surface area contributed by atoms with Crippen molar-refractivity contribution in [3.05, 3.63) is 80.5 Å². The molecule has 6 nitrogen and oxygen atoms in total. The fourth-order valence-electron chi connectivity index (χ4n) is 2.69. The molecule has 4 rings (SSSR count). The van der Waals surface area contributed by atoms with Crippen LogP contribution in [0.1, 0.15) is 11.3 Å². The number of azo groups is 1. The highest BCUT2D eigenvalue weighted by molar-refractivity contribution is 7.12. The first kappa shape index (κ1) is 18.3. The van der Waals surface area contributed by atoms with Gasteiger partial charge in [0, 0.05) is 16.0 Å². The molecular formula is C20H16ClN5OS. The number of hydrogen-bond donors (Lipinski definition) is 1. The van der Waals surface area contributed by atoms with E-state index in [1.807, 2.05) is 60.8 Å². The fourth-order valence-corrected chi connectivity index (χ4v) is 3.61. The van der Waals surface area contributed by atoms with E-state index in [1.165, 1.54) is 16.0 Å². The third-order valence-corrected chi connectivity index (χ3v) is 5.31. The largest absolute Gasteiger partial charge is 0.301 e. The Balaban J connectivity index is 1.67. The number of aryl methyl sites for hydroxylation is 2. The average molecular weight is 410 g/mol. The number of nitrogens with one attached hydrogen (secondary N) is 1. The van der Waals surface area contributed by atoms with Crippen molar-refractivity contribution in [3.63, 3.8) is 0 Å². The number of aromatic nitrogens is 3. The van der Waals surface area contributed by atoms with Gasteiger partial charge >= 0.3 is 5.56 Å². The van der Waals surface area contributed by atoms with Crippen molar-refractivity contribution in [1.29, 1.82) is 0 Å². The molecule has 0 atom stereocenters. The minimum absolute atomic E-state index is 0.270. The molecule has 0 saturated heterocycles. The second kappa shape index (κ2) is 7.53. The monoisotopic (exact) mass is 409 g/mol. The van der Waals surface area contributed by atoms with Crippen LogP contribution in [0.4, 0.5) is 11.4 Å². The summed E-state index contributed by atoms with van der Waals surface area (Å²) in [5.74, 6) is 0. The van der Waals surface area contributed by atoms with Crippen LogP contribution in [-0.4, -0.2) is 14.8 Å². The third kappa shape index (κ3) is 3.54. The summed E-state index contributed by atoms with van der Waals surface area (Å²) in [6.45, 7) is 3.74. The quantitative estimate of drug-likeness (QED) is 0.421. The molecule has 2 aromatic heterocycles. The van der Waals surface area contributed by atoms with Crippen LogP contribution in [0, 0.1) is 13.8 Å². The highest BCUT2D eigenvalue weighted by Gasteiger charge is 2.15. The molecule has 0 bridgehead atoms. The van der Waals surface area contributed by atoms with Gasteiger partial charge in [0.2, 0.25) is 5.13 Å². The molecule has 140 valence electrons. The van der Waals surface area contributed by atoms with E-state index in [2.05, 4.69) is 20.3 Å². The number of thiazole rings is 1. The van der Waals surface area contributed by atoms with Gasteiger partial charge in [-0.1, -0.05) is 41.9 Å². The second-order valence-corrected chi connectivity index (χ2v) is 7.51. The molecule has 0 amide bonds. The van der Waals surface area contributed by atoms with Crippen molar-refractivity contribution in [2.45, 2.75) is 13.8 Å². The molecule has 4 aromatic rings. The second-order valence-electron chi connectivity index (χ2n) is 6.23. The Kier molecular flexibility index (Phi) is 4.93. The van der Waals surface area contributed by atoms with E-state index in [0.29, 0.717) is 15.8 Å². The number of benzene rings is 2. The lowest BCUT2D eigenvalue weighted by Gasteiger charge is -1.97. The van der Waals surface area contributed by atoms with Crippen molar-refractivity contribution >= 4 is 34.3 Å². The Morgan fingerprint density at radius 1 is 1.07 bits per heavy atom. The van der Waals surface area contributed by atoms with Crippen molar-refractivity contribution in [1.82, 2.24) is 14.8 Å². The predicted octanol–water partition coefficient (Wildman–Crippen LogP) is 5.97. The Morgan fingerprint density at radius 2 is 1.82 bits per heavy atom. The average Bonchev–Trinajstić information content (AvgIpc) is 3.27. The molecule has 8 heteroatoms. The maximum Gasteiger partial charge on any atom is 0.301 e. The molecule has 0 aliphatic carbocycles. The smallest absolute Gasteiger partial charge is 0.291 e. The van der Waals surface area contributed by atoms with E-state index >= 15 is 0 Å². The number of aromatic amines is 1. The Morgan fingerprint density at radius 3 is 2.57 bits per heavy atom. The summed E-state index contributed by atoms with van der Waals surface area (Å²) in [6, 6.07) is 15.0. The fraction of sp³-hybridized carbons (Fsp3) is 0.100. The highest BCUT2D eigenvalue weighted by atomic mass is 35.5. The zero-order chi connectivity index (χ0) is 19.7. The minimum atomic E-state index is -0.285. The van der Waals surface area contributed by atoms with Gasteiger partial charge in [0.05, 0.1) is 17.1 Å². The van der Waals surface area contributed by atoms with Crippen LogP contribution < -0.4 is 5.56 Å². The molecule has 0 saturated carbocycles. The summed E-state index contributed by atoms with van der Waals surface area (Å²) in [5, 5.41) is 14.5. The zero-order valence-corrected chi connectivity index (χ0v) is 16.8. The molecule has 0 aliphatic rings. The van der Waals surface area contributed by atoms with E-state index in [0.717, 1.165) is 22.5 Å². The number of hydrogen-bond acceptors (Lipinski definition) is 5. The van der Waals surface area contributed by atoms with Gasteiger partial charge in [-0.25, -0.2) is 4.98 Å². The molecule has 0 fully saturated rings. The van der Waals surface area contributed by atoms with Crippen LogP contribution >= 0.6 is 22.9 Å². The van der Waals surface area contributed by atoms with Gasteiger partial charge in [0.15, 0.2) is 5.69 Å². The topological polar surface area (TPSA) is 75.4 Å². The highest BCUT2D eigenvalue weighted by Crippen LogP contribution is 2.26. The molecule has 0 spiro atoms. The Labute approximate surface area is 170 Å². The Bertz CT molecular complexity index is 1220. The summed E-state index contributed by atoms with van der Waals surface area (Å²) in [5.41, 5.74) is 4.05. The van der Waals surface area contributed by atoms with Crippen LogP contribution in [0.15, 0.2) is 68.9 Å². The number of halogens is 1. The summed E-state index contributed by atoms with van der Waals surface area (Å²) >= 11 is 7.31. The molecular weight excluding hydrogens is 394 g/mol. The van der Waals surface area contributed by atoms with Crippen LogP contribution in [0.3, 0.4) is 0 Å². The molecule has 28 heavy (non-hydrogen) atoms. The lowest BCUT2D eigenvalue weighted by molar-refractivity contribution is 0.827. The van der Waals surface area contributed by atoms with Crippen LogP contribution in [0.5, 0.6) is 0 Å². The van der Waals surface area contributed by atoms with Crippen molar-refractivity contribution in [2.24, 2.45) is 10.2 Å². The molecule has 0 aliphatic heterocycles. The third-order valence-electron chi connectivity index (χ3n) is 4.24. The maximum absolute atomic E-state index is 12.8. The van der Waals surface area contributed by atoms with Gasteiger partial charge in [-0.3, -0.25) is 9.89 Å². The lowest BCUT2D eigenvalue weighted by Crippen LogP contribution is -2.13. The van der Waals surface area contributed by atoms with Crippen LogP contribution in [0.25, 0.3) is 16.4 Å². The van der Waals surface area contributed by atoms with Crippen molar-refractivity contribution in [3.8, 4) is 16.4 Å². The van der Waals surface area contributed by atoms with Gasteiger partial charge in [-0.2, -0.15) is 9.80 Å². The van der Waals surface area contributed by atoms with Crippen LogP contribution in [0.2, 0.25) is 5.02 Å². The number of H-pyrrole nitrogens is 1. The summed E-state index contributed by atoms with van der Waals surface area (Å²) < 4.78 is 1.39. The van der Waals surface area contributed by atoms with Gasteiger partial charge in [0.25, 0.3) is 0 Å². The van der Waals surface area contributed by atoms with E-state index in [1.54, 1.807) is 6.92 Å². The van der Waals surface area contributed by atoms with E-state index in [4.69, 9.17) is 11.6 Å². The van der Waals surface area contributed by atoms with Crippen molar-refractivity contribution < 1.29 is 0 Å². The first-order valence-electron chi connectivity index (χ1n) is 8.54. The molecule has 1 N–H and O–H groups in total. The summed E-state index contributed by atoms with van der Waals surface area (Å²) in [7, 11) is 0. The normalized spacial score (nSPS) is 11.4. The predicted molar refractivity (Wildman–Crippen MR) is 113 cm³/mol. The Hall–Kier alpha value is -3.03. The molecule has 2 heterocycles. The van der Waals surface area contributed by atoms with E-state index in [-0.39, 0.29) is 11.2 Å². The SMILES string of the molecule is Cc1ccccc1N=Nc1c(C)[nH]n(-c2nc(-c3ccc(Cl)cc3)cs2)c1=O. The molecule has 0 unspecified atom stereocenters. The maximum atomic E-state index is 12.8. The number of nitrogens with zero attached hydrogens (tertiary/aromatic N) is 4. The summed E-state index contributed by atoms with van der Waals surface area (Å²) in [4.78, 5) is 17.4. The van der Waals surface area contributed by atoms with Crippen LogP contribution in [-0.2, 0) is 0 Å².